The molecule has 1 aliphatic heterocycles. The van der Waals surface area contributed by atoms with Crippen molar-refractivity contribution in [3.05, 3.63) is 59.3 Å². The van der Waals surface area contributed by atoms with Crippen LogP contribution in [-0.2, 0) is 17.8 Å². The van der Waals surface area contributed by atoms with E-state index in [2.05, 4.69) is 34.1 Å². The normalized spacial score (nSPS) is 15.9. The van der Waals surface area contributed by atoms with E-state index in [-0.39, 0.29) is 5.91 Å². The molecule has 1 aromatic heterocycles. The lowest BCUT2D eigenvalue weighted by molar-refractivity contribution is -0.115. The van der Waals surface area contributed by atoms with Crippen molar-refractivity contribution in [3.63, 3.8) is 0 Å². The molecule has 0 atom stereocenters. The largest absolute Gasteiger partial charge is 0.310 e. The molecule has 5 heteroatoms. The molecular weight excluding hydrogens is 312 g/mol. The van der Waals surface area contributed by atoms with Crippen LogP contribution in [0.3, 0.4) is 0 Å². The summed E-state index contributed by atoms with van der Waals surface area (Å²) in [5.74, 6) is 0.601. The van der Waals surface area contributed by atoms with Gasteiger partial charge >= 0.3 is 0 Å². The summed E-state index contributed by atoms with van der Waals surface area (Å²) in [6, 6.07) is 13.7. The minimum atomic E-state index is -0.0342. The number of hydrogen-bond acceptors (Lipinski definition) is 4. The van der Waals surface area contributed by atoms with E-state index in [4.69, 9.17) is 0 Å². The van der Waals surface area contributed by atoms with Crippen LogP contribution in [0.5, 0.6) is 0 Å². The molecule has 0 saturated carbocycles. The molecule has 25 heavy (non-hydrogen) atoms. The number of piperazine rings is 1. The molecule has 1 aromatic carbocycles. The molecule has 5 nitrogen and oxygen atoms in total. The van der Waals surface area contributed by atoms with Crippen molar-refractivity contribution in [1.29, 1.82) is 0 Å². The highest BCUT2D eigenvalue weighted by Crippen LogP contribution is 2.14. The molecule has 1 N–H and O–H groups in total. The van der Waals surface area contributed by atoms with Gasteiger partial charge in [-0.2, -0.15) is 0 Å². The molecule has 2 aromatic rings. The molecule has 132 valence electrons. The second kappa shape index (κ2) is 8.23. The molecule has 0 radical (unpaired) electrons. The van der Waals surface area contributed by atoms with Gasteiger partial charge in [0, 0.05) is 32.7 Å². The fraction of sp³-hybridized carbons (Fsp3) is 0.400. The summed E-state index contributed by atoms with van der Waals surface area (Å²) < 4.78 is 0. The van der Waals surface area contributed by atoms with Gasteiger partial charge in [0.25, 0.3) is 0 Å². The molecule has 3 rings (SSSR count). The van der Waals surface area contributed by atoms with Crippen molar-refractivity contribution in [2.75, 3.05) is 38.5 Å². The molecule has 1 amide bonds. The van der Waals surface area contributed by atoms with E-state index in [1.165, 1.54) is 5.56 Å². The minimum Gasteiger partial charge on any atom is -0.310 e. The van der Waals surface area contributed by atoms with Gasteiger partial charge in [0.15, 0.2) is 0 Å². The number of nitrogens with zero attached hydrogens (tertiary/aromatic N) is 3. The molecule has 0 aliphatic carbocycles. The highest BCUT2D eigenvalue weighted by atomic mass is 16.1. The van der Waals surface area contributed by atoms with Gasteiger partial charge < -0.3 is 10.2 Å². The second-order valence-corrected chi connectivity index (χ2v) is 6.75. The Morgan fingerprint density at radius 2 is 1.80 bits per heavy atom. The highest BCUT2D eigenvalue weighted by molar-refractivity contribution is 5.91. The third-order valence-corrected chi connectivity index (χ3v) is 4.65. The SMILES string of the molecule is Cc1ccc(NC(=O)Cc2ccccc2)nc1CN1CCN(C)CC1. The van der Waals surface area contributed by atoms with Crippen molar-refractivity contribution < 1.29 is 4.79 Å². The fourth-order valence-electron chi connectivity index (χ4n) is 2.99. The number of amides is 1. The average Bonchev–Trinajstić information content (AvgIpc) is 2.60. The number of benzene rings is 1. The number of aromatic nitrogens is 1. The van der Waals surface area contributed by atoms with Crippen LogP contribution in [0.15, 0.2) is 42.5 Å². The third-order valence-electron chi connectivity index (χ3n) is 4.65. The summed E-state index contributed by atoms with van der Waals surface area (Å²) in [4.78, 5) is 21.7. The van der Waals surface area contributed by atoms with Gasteiger partial charge in [-0.05, 0) is 31.2 Å². The standard InChI is InChI=1S/C20H26N4O/c1-16-8-9-19(22-20(25)14-17-6-4-3-5-7-17)21-18(16)15-24-12-10-23(2)11-13-24/h3-9H,10-15H2,1-2H3,(H,21,22,25). The van der Waals surface area contributed by atoms with Crippen LogP contribution < -0.4 is 5.32 Å². The van der Waals surface area contributed by atoms with Gasteiger partial charge in [0.1, 0.15) is 5.82 Å². The number of hydrogen-bond donors (Lipinski definition) is 1. The Balaban J connectivity index is 1.61. The van der Waals surface area contributed by atoms with Crippen molar-refractivity contribution in [3.8, 4) is 0 Å². The number of rotatable bonds is 5. The van der Waals surface area contributed by atoms with E-state index in [0.717, 1.165) is 44.0 Å². The Labute approximate surface area is 149 Å². The van der Waals surface area contributed by atoms with Gasteiger partial charge in [0.2, 0.25) is 5.91 Å². The zero-order valence-electron chi connectivity index (χ0n) is 15.0. The molecule has 0 bridgehead atoms. The van der Waals surface area contributed by atoms with Crippen molar-refractivity contribution in [2.45, 2.75) is 19.9 Å². The number of nitrogens with one attached hydrogen (secondary N) is 1. The predicted molar refractivity (Wildman–Crippen MR) is 101 cm³/mol. The maximum Gasteiger partial charge on any atom is 0.229 e. The van der Waals surface area contributed by atoms with E-state index in [0.29, 0.717) is 12.2 Å². The molecule has 0 spiro atoms. The van der Waals surface area contributed by atoms with Crippen LogP contribution in [0.2, 0.25) is 0 Å². The maximum atomic E-state index is 12.2. The van der Waals surface area contributed by atoms with Gasteiger partial charge in [-0.15, -0.1) is 0 Å². The van der Waals surface area contributed by atoms with Crippen molar-refractivity contribution >= 4 is 11.7 Å². The number of aryl methyl sites for hydroxylation is 1. The van der Waals surface area contributed by atoms with Crippen LogP contribution in [0, 0.1) is 6.92 Å². The predicted octanol–water partition coefficient (Wildman–Crippen LogP) is 2.32. The number of anilines is 1. The summed E-state index contributed by atoms with van der Waals surface area (Å²) >= 11 is 0. The number of likely N-dealkylation sites (N-methyl/N-ethyl adjacent to an activating group) is 1. The smallest absolute Gasteiger partial charge is 0.229 e. The van der Waals surface area contributed by atoms with Crippen molar-refractivity contribution in [1.82, 2.24) is 14.8 Å². The van der Waals surface area contributed by atoms with Crippen LogP contribution in [0.1, 0.15) is 16.8 Å². The van der Waals surface area contributed by atoms with Crippen molar-refractivity contribution in [2.24, 2.45) is 0 Å². The minimum absolute atomic E-state index is 0.0342. The summed E-state index contributed by atoms with van der Waals surface area (Å²) in [5.41, 5.74) is 3.21. The zero-order valence-corrected chi connectivity index (χ0v) is 15.0. The molecule has 2 heterocycles. The molecule has 1 saturated heterocycles. The number of pyridine rings is 1. The first-order valence-corrected chi connectivity index (χ1v) is 8.81. The third kappa shape index (κ3) is 5.11. The first-order valence-electron chi connectivity index (χ1n) is 8.81. The van der Waals surface area contributed by atoms with Gasteiger partial charge in [-0.3, -0.25) is 9.69 Å². The maximum absolute atomic E-state index is 12.2. The van der Waals surface area contributed by atoms with Crippen LogP contribution >= 0.6 is 0 Å². The monoisotopic (exact) mass is 338 g/mol. The lowest BCUT2D eigenvalue weighted by Gasteiger charge is -2.32. The van der Waals surface area contributed by atoms with E-state index >= 15 is 0 Å². The lowest BCUT2D eigenvalue weighted by Crippen LogP contribution is -2.44. The van der Waals surface area contributed by atoms with Crippen LogP contribution in [0.25, 0.3) is 0 Å². The topological polar surface area (TPSA) is 48.5 Å². The van der Waals surface area contributed by atoms with Gasteiger partial charge in [-0.1, -0.05) is 36.4 Å². The Morgan fingerprint density at radius 3 is 2.52 bits per heavy atom. The summed E-state index contributed by atoms with van der Waals surface area (Å²) in [6.45, 7) is 7.21. The lowest BCUT2D eigenvalue weighted by atomic mass is 10.1. The van der Waals surface area contributed by atoms with Crippen LogP contribution in [-0.4, -0.2) is 53.9 Å². The first kappa shape index (κ1) is 17.6. The zero-order chi connectivity index (χ0) is 17.6. The molecular formula is C20H26N4O. The van der Waals surface area contributed by atoms with E-state index in [1.54, 1.807) is 0 Å². The van der Waals surface area contributed by atoms with E-state index in [1.807, 2.05) is 42.5 Å². The number of carbonyl (C=O) groups excluding carboxylic acids is 1. The molecule has 1 aliphatic rings. The fourth-order valence-corrected chi connectivity index (χ4v) is 2.99. The Bertz CT molecular complexity index is 709. The summed E-state index contributed by atoms with van der Waals surface area (Å²) in [7, 11) is 2.16. The van der Waals surface area contributed by atoms with Gasteiger partial charge in [-0.25, -0.2) is 4.98 Å². The second-order valence-electron chi connectivity index (χ2n) is 6.75. The summed E-state index contributed by atoms with van der Waals surface area (Å²) in [5, 5.41) is 2.93. The number of carbonyl (C=O) groups is 1. The van der Waals surface area contributed by atoms with Gasteiger partial charge in [0.05, 0.1) is 12.1 Å². The van der Waals surface area contributed by atoms with E-state index in [9.17, 15) is 4.79 Å². The summed E-state index contributed by atoms with van der Waals surface area (Å²) in [6.07, 6.45) is 0.365. The first-order chi connectivity index (χ1) is 12.1. The average molecular weight is 338 g/mol. The Kier molecular flexibility index (Phi) is 5.79. The molecule has 1 fully saturated rings. The Morgan fingerprint density at radius 1 is 1.08 bits per heavy atom. The highest BCUT2D eigenvalue weighted by Gasteiger charge is 2.16. The Hall–Kier alpha value is -2.24. The van der Waals surface area contributed by atoms with Crippen LogP contribution in [0.4, 0.5) is 5.82 Å². The molecule has 0 unspecified atom stereocenters. The quantitative estimate of drug-likeness (QED) is 0.909. The van der Waals surface area contributed by atoms with E-state index < -0.39 is 0 Å².